The van der Waals surface area contributed by atoms with E-state index >= 15 is 0 Å². The molecule has 2 rings (SSSR count). The summed E-state index contributed by atoms with van der Waals surface area (Å²) in [5.41, 5.74) is 2.55. The van der Waals surface area contributed by atoms with Crippen molar-refractivity contribution in [3.05, 3.63) is 55.5 Å². The molecule has 0 aliphatic rings. The van der Waals surface area contributed by atoms with E-state index in [4.69, 9.17) is 16.3 Å². The van der Waals surface area contributed by atoms with Gasteiger partial charge in [0.25, 0.3) is 5.69 Å². The molecule has 0 amide bonds. The van der Waals surface area contributed by atoms with Crippen molar-refractivity contribution in [3.63, 3.8) is 0 Å². The fourth-order valence-corrected chi connectivity index (χ4v) is 3.50. The topological polar surface area (TPSA) is 97.4 Å². The van der Waals surface area contributed by atoms with Crippen molar-refractivity contribution >= 4 is 56.2 Å². The van der Waals surface area contributed by atoms with Crippen molar-refractivity contribution in [1.82, 2.24) is 0 Å². The second-order valence-corrected chi connectivity index (χ2v) is 8.21. The van der Waals surface area contributed by atoms with Crippen LogP contribution in [0.15, 0.2) is 45.0 Å². The lowest BCUT2D eigenvalue weighted by molar-refractivity contribution is -0.384. The highest BCUT2D eigenvalue weighted by molar-refractivity contribution is 9.10. The van der Waals surface area contributed by atoms with Crippen LogP contribution in [0.5, 0.6) is 0 Å². The fourth-order valence-electron chi connectivity index (χ4n) is 2.60. The first kappa shape index (κ1) is 24.7. The van der Waals surface area contributed by atoms with Crippen molar-refractivity contribution in [2.24, 2.45) is 16.1 Å². The van der Waals surface area contributed by atoms with Gasteiger partial charge in [-0.15, -0.1) is 5.11 Å². The van der Waals surface area contributed by atoms with Gasteiger partial charge in [-0.1, -0.05) is 25.4 Å². The van der Waals surface area contributed by atoms with Crippen LogP contribution in [0.1, 0.15) is 32.8 Å². The molecule has 8 nitrogen and oxygen atoms in total. The smallest absolute Gasteiger partial charge is 0.310 e. The number of ether oxygens (including phenoxy) is 1. The third kappa shape index (κ3) is 6.48. The first-order valence-electron chi connectivity index (χ1n) is 9.75. The van der Waals surface area contributed by atoms with Crippen molar-refractivity contribution in [2.45, 2.75) is 34.1 Å². The molecule has 0 spiro atoms. The Morgan fingerprint density at radius 2 is 2.00 bits per heavy atom. The molecule has 0 aliphatic heterocycles. The van der Waals surface area contributed by atoms with Crippen LogP contribution < -0.4 is 4.90 Å². The van der Waals surface area contributed by atoms with Crippen LogP contribution in [0.4, 0.5) is 22.7 Å². The molecular weight excluding hydrogens is 488 g/mol. The minimum atomic E-state index is -0.528. The summed E-state index contributed by atoms with van der Waals surface area (Å²) in [6.45, 7) is 8.50. The van der Waals surface area contributed by atoms with E-state index in [0.29, 0.717) is 22.4 Å². The number of nitro groups is 1. The number of rotatable bonds is 9. The van der Waals surface area contributed by atoms with Crippen molar-refractivity contribution in [2.75, 3.05) is 18.2 Å². The van der Waals surface area contributed by atoms with Gasteiger partial charge in [0.05, 0.1) is 26.0 Å². The fraction of sp³-hybridized carbons (Fsp3) is 0.381. The number of hydrogen-bond donors (Lipinski definition) is 0. The minimum absolute atomic E-state index is 0.124. The highest BCUT2D eigenvalue weighted by atomic mass is 79.9. The molecule has 0 fully saturated rings. The number of esters is 1. The molecule has 0 heterocycles. The minimum Gasteiger partial charge on any atom is -0.444 e. The average Bonchev–Trinajstić information content (AvgIpc) is 2.73. The van der Waals surface area contributed by atoms with Crippen molar-refractivity contribution in [3.8, 4) is 0 Å². The van der Waals surface area contributed by atoms with E-state index in [2.05, 4.69) is 26.2 Å². The number of nitro benzene ring substituents is 1. The molecule has 31 heavy (non-hydrogen) atoms. The highest BCUT2D eigenvalue weighted by Crippen LogP contribution is 2.38. The van der Waals surface area contributed by atoms with Gasteiger partial charge in [-0.05, 0) is 60.0 Å². The largest absolute Gasteiger partial charge is 0.444 e. The summed E-state index contributed by atoms with van der Waals surface area (Å²) >= 11 is 9.38. The van der Waals surface area contributed by atoms with Gasteiger partial charge in [-0.2, -0.15) is 5.11 Å². The van der Waals surface area contributed by atoms with Crippen LogP contribution in [0, 0.1) is 23.0 Å². The summed E-state index contributed by atoms with van der Waals surface area (Å²) in [5.74, 6) is -0.345. The summed E-state index contributed by atoms with van der Waals surface area (Å²) in [6, 6.07) is 8.17. The Bertz CT molecular complexity index is 976. The number of carbonyl (C=O) groups excluding carboxylic acids is 1. The Morgan fingerprint density at radius 3 is 2.55 bits per heavy atom. The van der Waals surface area contributed by atoms with Crippen LogP contribution in [0.25, 0.3) is 0 Å². The molecule has 0 aliphatic carbocycles. The quantitative estimate of drug-likeness (QED) is 0.117. The number of nitrogens with zero attached hydrogens (tertiary/aromatic N) is 4. The molecule has 0 aromatic heterocycles. The predicted octanol–water partition coefficient (Wildman–Crippen LogP) is 7.11. The Labute approximate surface area is 194 Å². The molecule has 0 bridgehead atoms. The predicted molar refractivity (Wildman–Crippen MR) is 125 cm³/mol. The zero-order valence-electron chi connectivity index (χ0n) is 17.8. The zero-order chi connectivity index (χ0) is 23.1. The number of halogens is 2. The summed E-state index contributed by atoms with van der Waals surface area (Å²) < 4.78 is 5.79. The van der Waals surface area contributed by atoms with E-state index in [-0.39, 0.29) is 29.3 Å². The molecule has 10 heteroatoms. The molecule has 0 saturated carbocycles. The maximum Gasteiger partial charge on any atom is 0.310 e. The normalized spacial score (nSPS) is 12.1. The van der Waals surface area contributed by atoms with Gasteiger partial charge in [0.2, 0.25) is 0 Å². The summed E-state index contributed by atoms with van der Waals surface area (Å²) in [7, 11) is 0. The van der Waals surface area contributed by atoms with Crippen LogP contribution in [0.2, 0.25) is 5.02 Å². The lowest BCUT2D eigenvalue weighted by Crippen LogP contribution is -2.29. The Balaban J connectivity index is 2.19. The average molecular weight is 512 g/mol. The zero-order valence-corrected chi connectivity index (χ0v) is 20.1. The SMILES string of the molecule is CCC(C)C(=O)OCN(CC)c1ccc(N=Nc2c(Cl)cc([N+](=O)[O-])cc2Br)c(C)c1. The maximum absolute atomic E-state index is 12.0. The van der Waals surface area contributed by atoms with E-state index in [9.17, 15) is 14.9 Å². The van der Waals surface area contributed by atoms with Gasteiger partial charge in [0.15, 0.2) is 6.73 Å². The van der Waals surface area contributed by atoms with Gasteiger partial charge in [-0.3, -0.25) is 14.9 Å². The van der Waals surface area contributed by atoms with Crippen LogP contribution >= 0.6 is 27.5 Å². The first-order chi connectivity index (χ1) is 14.7. The number of non-ortho nitro benzene ring substituents is 1. The number of hydrogen-bond acceptors (Lipinski definition) is 7. The van der Waals surface area contributed by atoms with Crippen molar-refractivity contribution < 1.29 is 14.5 Å². The van der Waals surface area contributed by atoms with Crippen LogP contribution in [0.3, 0.4) is 0 Å². The first-order valence-corrected chi connectivity index (χ1v) is 10.9. The maximum atomic E-state index is 12.0. The molecule has 0 radical (unpaired) electrons. The Morgan fingerprint density at radius 1 is 1.29 bits per heavy atom. The number of benzene rings is 2. The number of aryl methyl sites for hydroxylation is 1. The van der Waals surface area contributed by atoms with Gasteiger partial charge in [0.1, 0.15) is 5.69 Å². The van der Waals surface area contributed by atoms with E-state index in [0.717, 1.165) is 17.7 Å². The molecule has 0 saturated heterocycles. The molecule has 2 aromatic rings. The monoisotopic (exact) mass is 510 g/mol. The van der Waals surface area contributed by atoms with Gasteiger partial charge < -0.3 is 9.64 Å². The summed E-state index contributed by atoms with van der Waals surface area (Å²) in [4.78, 5) is 24.3. The number of anilines is 1. The standard InChI is InChI=1S/C21H24BrClN4O4/c1-5-13(3)21(28)31-12-26(6-2)15-7-8-19(14(4)9-15)24-25-20-17(22)10-16(27(29)30)11-18(20)23/h7-11,13H,5-6,12H2,1-4H3. The second-order valence-electron chi connectivity index (χ2n) is 6.94. The van der Waals surface area contributed by atoms with Crippen LogP contribution in [-0.4, -0.2) is 24.2 Å². The lowest BCUT2D eigenvalue weighted by atomic mass is 10.1. The summed E-state index contributed by atoms with van der Waals surface area (Å²) in [5, 5.41) is 19.5. The van der Waals surface area contributed by atoms with E-state index in [1.54, 1.807) is 6.07 Å². The van der Waals surface area contributed by atoms with E-state index < -0.39 is 4.92 Å². The Hall–Kier alpha value is -2.52. The van der Waals surface area contributed by atoms with Gasteiger partial charge >= 0.3 is 5.97 Å². The molecule has 0 N–H and O–H groups in total. The molecule has 1 atom stereocenters. The highest BCUT2D eigenvalue weighted by Gasteiger charge is 2.16. The summed E-state index contributed by atoms with van der Waals surface area (Å²) in [6.07, 6.45) is 0.735. The van der Waals surface area contributed by atoms with Crippen LogP contribution in [-0.2, 0) is 9.53 Å². The lowest BCUT2D eigenvalue weighted by Gasteiger charge is -2.24. The Kier molecular flexibility index (Phi) is 8.94. The molecular formula is C21H24BrClN4O4. The third-order valence-electron chi connectivity index (χ3n) is 4.77. The second kappa shape index (κ2) is 11.2. The molecule has 166 valence electrons. The van der Waals surface area contributed by atoms with Gasteiger partial charge in [0, 0.05) is 24.4 Å². The molecule has 2 aromatic carbocycles. The van der Waals surface area contributed by atoms with E-state index in [1.165, 1.54) is 12.1 Å². The number of carbonyl (C=O) groups is 1. The number of azo groups is 1. The molecule has 1 unspecified atom stereocenters. The van der Waals surface area contributed by atoms with E-state index in [1.807, 2.05) is 44.7 Å². The van der Waals surface area contributed by atoms with Gasteiger partial charge in [-0.25, -0.2) is 0 Å². The van der Waals surface area contributed by atoms with Crippen molar-refractivity contribution in [1.29, 1.82) is 0 Å². The third-order valence-corrected chi connectivity index (χ3v) is 5.67.